The number of halogens is 1. The van der Waals surface area contributed by atoms with E-state index in [0.717, 1.165) is 31.6 Å². The Labute approximate surface area is 191 Å². The second-order valence-corrected chi connectivity index (χ2v) is 8.12. The van der Waals surface area contributed by atoms with Crippen LogP contribution in [0.25, 0.3) is 0 Å². The molecule has 0 radical (unpaired) electrons. The molecule has 9 heteroatoms. The number of nitrogens with one attached hydrogen (secondary N) is 1. The van der Waals surface area contributed by atoms with Gasteiger partial charge in [0.1, 0.15) is 11.6 Å². The van der Waals surface area contributed by atoms with Crippen molar-refractivity contribution in [2.24, 2.45) is 5.92 Å². The number of rotatable bonds is 7. The van der Waals surface area contributed by atoms with Gasteiger partial charge >= 0.3 is 0 Å². The zero-order chi connectivity index (χ0) is 22.5. The quantitative estimate of drug-likeness (QED) is 0.519. The van der Waals surface area contributed by atoms with E-state index in [1.54, 1.807) is 31.4 Å². The van der Waals surface area contributed by atoms with Crippen LogP contribution in [0.1, 0.15) is 29.0 Å². The number of nitrogen functional groups attached to an aromatic ring is 1. The Balaban J connectivity index is 1.38. The summed E-state index contributed by atoms with van der Waals surface area (Å²) in [6.45, 7) is 2.10. The van der Waals surface area contributed by atoms with Gasteiger partial charge in [0.15, 0.2) is 5.78 Å². The molecule has 3 aromatic rings. The van der Waals surface area contributed by atoms with E-state index in [0.29, 0.717) is 34.7 Å². The first-order valence-corrected chi connectivity index (χ1v) is 10.8. The molecule has 2 aromatic carbocycles. The Hall–Kier alpha value is -3.23. The molecule has 1 saturated heterocycles. The molecule has 0 bridgehead atoms. The van der Waals surface area contributed by atoms with Crippen LogP contribution < -0.4 is 15.8 Å². The number of carbonyl (C=O) groups excluding carboxylic acids is 1. The molecule has 0 unspecified atom stereocenters. The highest BCUT2D eigenvalue weighted by Gasteiger charge is 2.26. The summed E-state index contributed by atoms with van der Waals surface area (Å²) in [5, 5.41) is 3.78. The Bertz CT molecular complexity index is 1080. The Kier molecular flexibility index (Phi) is 6.82. The number of aromatic nitrogens is 3. The standard InChI is InChI=1S/C23H25ClN6O2/c1-32-19-5-3-2-4-18(19)26-23-28-20(27-22(25)29-23)14-30-12-10-16(11-13-30)21(31)15-6-8-17(24)9-7-15/h2-9,16H,10-14H2,1H3,(H3,25,26,27,28,29). The predicted octanol–water partition coefficient (Wildman–Crippen LogP) is 3.95. The van der Waals surface area contributed by atoms with Crippen LogP contribution >= 0.6 is 11.6 Å². The van der Waals surface area contributed by atoms with Gasteiger partial charge in [-0.3, -0.25) is 9.69 Å². The fourth-order valence-corrected chi connectivity index (χ4v) is 3.96. The molecule has 0 aliphatic carbocycles. The summed E-state index contributed by atoms with van der Waals surface area (Å²) in [5.74, 6) is 1.97. The first-order chi connectivity index (χ1) is 15.5. The van der Waals surface area contributed by atoms with Crippen molar-refractivity contribution >= 4 is 35.0 Å². The lowest BCUT2D eigenvalue weighted by Crippen LogP contribution is -2.36. The van der Waals surface area contributed by atoms with Gasteiger partial charge in [-0.2, -0.15) is 15.0 Å². The number of nitrogens with zero attached hydrogens (tertiary/aromatic N) is 4. The molecule has 4 rings (SSSR count). The largest absolute Gasteiger partial charge is 0.495 e. The minimum Gasteiger partial charge on any atom is -0.495 e. The van der Waals surface area contributed by atoms with Gasteiger partial charge in [0.05, 0.1) is 19.3 Å². The molecule has 1 aromatic heterocycles. The number of hydrogen-bond donors (Lipinski definition) is 2. The van der Waals surface area contributed by atoms with Crippen LogP contribution in [0.2, 0.25) is 5.02 Å². The molecule has 1 fully saturated rings. The average molecular weight is 453 g/mol. The van der Waals surface area contributed by atoms with Crippen LogP contribution in [-0.2, 0) is 6.54 Å². The van der Waals surface area contributed by atoms with Crippen molar-refractivity contribution < 1.29 is 9.53 Å². The van der Waals surface area contributed by atoms with E-state index in [2.05, 4.69) is 25.2 Å². The van der Waals surface area contributed by atoms with Gasteiger partial charge in [-0.25, -0.2) is 0 Å². The molecule has 3 N–H and O–H groups in total. The third-order valence-electron chi connectivity index (χ3n) is 5.50. The van der Waals surface area contributed by atoms with E-state index in [9.17, 15) is 4.79 Å². The lowest BCUT2D eigenvalue weighted by molar-refractivity contribution is 0.0833. The third kappa shape index (κ3) is 5.33. The molecule has 0 saturated carbocycles. The monoisotopic (exact) mass is 452 g/mol. The number of benzene rings is 2. The molecule has 0 amide bonds. The second kappa shape index (κ2) is 9.93. The maximum atomic E-state index is 12.8. The van der Waals surface area contributed by atoms with Crippen molar-refractivity contribution in [1.82, 2.24) is 19.9 Å². The van der Waals surface area contributed by atoms with Gasteiger partial charge in [-0.05, 0) is 62.3 Å². The number of Topliss-reactive ketones (excluding diaryl/α,β-unsaturated/α-hetero) is 1. The number of piperidine rings is 1. The van der Waals surface area contributed by atoms with Crippen molar-refractivity contribution in [3.63, 3.8) is 0 Å². The predicted molar refractivity (Wildman–Crippen MR) is 124 cm³/mol. The highest BCUT2D eigenvalue weighted by molar-refractivity contribution is 6.30. The van der Waals surface area contributed by atoms with Crippen LogP contribution in [0.3, 0.4) is 0 Å². The van der Waals surface area contributed by atoms with E-state index < -0.39 is 0 Å². The van der Waals surface area contributed by atoms with E-state index in [-0.39, 0.29) is 17.6 Å². The van der Waals surface area contributed by atoms with Gasteiger partial charge in [0.2, 0.25) is 11.9 Å². The first-order valence-electron chi connectivity index (χ1n) is 10.4. The number of ether oxygens (including phenoxy) is 1. The highest BCUT2D eigenvalue weighted by Crippen LogP contribution is 2.26. The lowest BCUT2D eigenvalue weighted by Gasteiger charge is -2.30. The fourth-order valence-electron chi connectivity index (χ4n) is 3.84. The molecule has 32 heavy (non-hydrogen) atoms. The molecule has 166 valence electrons. The maximum Gasteiger partial charge on any atom is 0.232 e. The van der Waals surface area contributed by atoms with Crippen LogP contribution in [0.15, 0.2) is 48.5 Å². The normalized spacial score (nSPS) is 14.8. The molecule has 1 aliphatic rings. The summed E-state index contributed by atoms with van der Waals surface area (Å²) >= 11 is 5.93. The average Bonchev–Trinajstić information content (AvgIpc) is 2.79. The topological polar surface area (TPSA) is 106 Å². The SMILES string of the molecule is COc1ccccc1Nc1nc(N)nc(CN2CCC(C(=O)c3ccc(Cl)cc3)CC2)n1. The summed E-state index contributed by atoms with van der Waals surface area (Å²) in [6, 6.07) is 14.6. The number of methoxy groups -OCH3 is 1. The van der Waals surface area contributed by atoms with Crippen molar-refractivity contribution in [2.75, 3.05) is 31.2 Å². The molecule has 0 atom stereocenters. The van der Waals surface area contributed by atoms with Crippen molar-refractivity contribution in [2.45, 2.75) is 19.4 Å². The third-order valence-corrected chi connectivity index (χ3v) is 5.76. The molecular weight excluding hydrogens is 428 g/mol. The smallest absolute Gasteiger partial charge is 0.232 e. The number of nitrogens with two attached hydrogens (primary N) is 1. The van der Waals surface area contributed by atoms with Gasteiger partial charge in [-0.15, -0.1) is 0 Å². The minimum atomic E-state index is 0.0126. The van der Waals surface area contributed by atoms with Crippen molar-refractivity contribution in [1.29, 1.82) is 0 Å². The fraction of sp³-hybridized carbons (Fsp3) is 0.304. The van der Waals surface area contributed by atoms with Gasteiger partial charge in [0.25, 0.3) is 0 Å². The number of para-hydroxylation sites is 2. The Morgan fingerprint density at radius 3 is 2.56 bits per heavy atom. The van der Waals surface area contributed by atoms with E-state index in [1.807, 2.05) is 24.3 Å². The number of ketones is 1. The number of carbonyl (C=O) groups is 1. The van der Waals surface area contributed by atoms with Crippen LogP contribution in [0.5, 0.6) is 5.75 Å². The molecule has 1 aliphatic heterocycles. The summed E-state index contributed by atoms with van der Waals surface area (Å²) in [5.41, 5.74) is 7.38. The maximum absolute atomic E-state index is 12.8. The van der Waals surface area contributed by atoms with Crippen LogP contribution in [0.4, 0.5) is 17.6 Å². The highest BCUT2D eigenvalue weighted by atomic mass is 35.5. The summed E-state index contributed by atoms with van der Waals surface area (Å²) < 4.78 is 5.36. The lowest BCUT2D eigenvalue weighted by atomic mass is 9.89. The van der Waals surface area contributed by atoms with Crippen LogP contribution in [-0.4, -0.2) is 45.8 Å². The Morgan fingerprint density at radius 1 is 1.12 bits per heavy atom. The Morgan fingerprint density at radius 2 is 1.84 bits per heavy atom. The van der Waals surface area contributed by atoms with Gasteiger partial charge in [0, 0.05) is 16.5 Å². The summed E-state index contributed by atoms with van der Waals surface area (Å²) in [6.07, 6.45) is 1.57. The van der Waals surface area contributed by atoms with E-state index >= 15 is 0 Å². The number of hydrogen-bond acceptors (Lipinski definition) is 8. The molecule has 8 nitrogen and oxygen atoms in total. The second-order valence-electron chi connectivity index (χ2n) is 7.68. The van der Waals surface area contributed by atoms with Gasteiger partial charge < -0.3 is 15.8 Å². The van der Waals surface area contributed by atoms with Gasteiger partial charge in [-0.1, -0.05) is 23.7 Å². The van der Waals surface area contributed by atoms with E-state index in [1.165, 1.54) is 0 Å². The summed E-state index contributed by atoms with van der Waals surface area (Å²) in [7, 11) is 1.61. The number of anilines is 3. The first kappa shape index (κ1) is 22.0. The minimum absolute atomic E-state index is 0.0126. The molecule has 2 heterocycles. The van der Waals surface area contributed by atoms with Crippen molar-refractivity contribution in [3.8, 4) is 5.75 Å². The zero-order valence-corrected chi connectivity index (χ0v) is 18.5. The van der Waals surface area contributed by atoms with Crippen LogP contribution in [0, 0.1) is 5.92 Å². The zero-order valence-electron chi connectivity index (χ0n) is 17.8. The van der Waals surface area contributed by atoms with E-state index in [4.69, 9.17) is 22.1 Å². The number of likely N-dealkylation sites (tertiary alicyclic amines) is 1. The van der Waals surface area contributed by atoms with Crippen molar-refractivity contribution in [3.05, 3.63) is 64.9 Å². The molecular formula is C23H25ClN6O2. The summed E-state index contributed by atoms with van der Waals surface area (Å²) in [4.78, 5) is 28.0. The molecule has 0 spiro atoms.